The Bertz CT molecular complexity index is 391. The molecule has 1 heterocycles. The highest BCUT2D eigenvalue weighted by molar-refractivity contribution is 5.94. The van der Waals surface area contributed by atoms with Gasteiger partial charge in [-0.1, -0.05) is 0 Å². The smallest absolute Gasteiger partial charge is 0.251 e. The molecule has 1 amide bonds. The molecule has 1 aliphatic heterocycles. The molecule has 4 heteroatoms. The Morgan fingerprint density at radius 1 is 1.47 bits per heavy atom. The predicted molar refractivity (Wildman–Crippen MR) is 64.3 cm³/mol. The molecule has 92 valence electrons. The molecule has 1 aromatic carbocycles. The first-order valence-electron chi connectivity index (χ1n) is 5.87. The fraction of sp³-hybridized carbons (Fsp3) is 0.462. The van der Waals surface area contributed by atoms with Gasteiger partial charge in [0.15, 0.2) is 0 Å². The Morgan fingerprint density at radius 2 is 2.18 bits per heavy atom. The van der Waals surface area contributed by atoms with Gasteiger partial charge in [-0.3, -0.25) is 4.79 Å². The van der Waals surface area contributed by atoms with Crippen LogP contribution in [-0.4, -0.2) is 37.5 Å². The molecule has 1 aromatic rings. The van der Waals surface area contributed by atoms with Gasteiger partial charge >= 0.3 is 0 Å². The molecule has 2 rings (SSSR count). The topological polar surface area (TPSA) is 32.3 Å². The van der Waals surface area contributed by atoms with Crippen molar-refractivity contribution in [1.82, 2.24) is 10.2 Å². The Hall–Kier alpha value is -1.42. The first-order chi connectivity index (χ1) is 8.15. The summed E-state index contributed by atoms with van der Waals surface area (Å²) in [6.07, 6.45) is 1.13. The van der Waals surface area contributed by atoms with E-state index in [1.165, 1.54) is 24.3 Å². The summed E-state index contributed by atoms with van der Waals surface area (Å²) in [7, 11) is 2.09. The van der Waals surface area contributed by atoms with Crippen LogP contribution in [0.2, 0.25) is 0 Å². The lowest BCUT2D eigenvalue weighted by molar-refractivity contribution is 0.0947. The highest BCUT2D eigenvalue weighted by atomic mass is 19.1. The standard InChI is InChI=1S/C13H17FN2O/c1-16-7-6-10(9-16)8-15-13(17)11-2-4-12(14)5-3-11/h2-5,10H,6-9H2,1H3,(H,15,17). The number of hydrogen-bond donors (Lipinski definition) is 1. The van der Waals surface area contributed by atoms with Crippen LogP contribution in [0.3, 0.4) is 0 Å². The first-order valence-corrected chi connectivity index (χ1v) is 5.87. The molecule has 0 bridgehead atoms. The van der Waals surface area contributed by atoms with Crippen LogP contribution in [0.1, 0.15) is 16.8 Å². The highest BCUT2D eigenvalue weighted by Gasteiger charge is 2.19. The van der Waals surface area contributed by atoms with Crippen molar-refractivity contribution in [3.05, 3.63) is 35.6 Å². The third-order valence-corrected chi connectivity index (χ3v) is 3.15. The molecule has 0 aromatic heterocycles. The molecule has 1 unspecified atom stereocenters. The molecule has 1 aliphatic rings. The van der Waals surface area contributed by atoms with E-state index >= 15 is 0 Å². The van der Waals surface area contributed by atoms with E-state index in [1.54, 1.807) is 0 Å². The monoisotopic (exact) mass is 236 g/mol. The summed E-state index contributed by atoms with van der Waals surface area (Å²) in [4.78, 5) is 14.0. The number of halogens is 1. The van der Waals surface area contributed by atoms with Gasteiger partial charge < -0.3 is 10.2 Å². The van der Waals surface area contributed by atoms with Gasteiger partial charge in [0.25, 0.3) is 5.91 Å². The second-order valence-electron chi connectivity index (χ2n) is 4.63. The molecule has 17 heavy (non-hydrogen) atoms. The predicted octanol–water partition coefficient (Wildman–Crippen LogP) is 1.51. The van der Waals surface area contributed by atoms with Gasteiger partial charge in [-0.15, -0.1) is 0 Å². The quantitative estimate of drug-likeness (QED) is 0.862. The summed E-state index contributed by atoms with van der Waals surface area (Å²) in [6.45, 7) is 2.82. The van der Waals surface area contributed by atoms with Gasteiger partial charge in [-0.25, -0.2) is 4.39 Å². The molecule has 1 saturated heterocycles. The second kappa shape index (κ2) is 5.27. The summed E-state index contributed by atoms with van der Waals surface area (Å²) in [5.74, 6) is 0.0860. The summed E-state index contributed by atoms with van der Waals surface area (Å²) in [5, 5.41) is 2.89. The summed E-state index contributed by atoms with van der Waals surface area (Å²) in [6, 6.07) is 5.62. The van der Waals surface area contributed by atoms with Crippen LogP contribution >= 0.6 is 0 Å². The van der Waals surface area contributed by atoms with Crippen LogP contribution in [0.15, 0.2) is 24.3 Å². The Morgan fingerprint density at radius 3 is 2.76 bits per heavy atom. The van der Waals surface area contributed by atoms with Crippen LogP contribution < -0.4 is 5.32 Å². The molecule has 3 nitrogen and oxygen atoms in total. The molecular formula is C13H17FN2O. The number of nitrogens with zero attached hydrogens (tertiary/aromatic N) is 1. The van der Waals surface area contributed by atoms with Gasteiger partial charge in [0.05, 0.1) is 0 Å². The highest BCUT2D eigenvalue weighted by Crippen LogP contribution is 2.13. The zero-order valence-electron chi connectivity index (χ0n) is 9.95. The third-order valence-electron chi connectivity index (χ3n) is 3.15. The lowest BCUT2D eigenvalue weighted by atomic mass is 10.1. The van der Waals surface area contributed by atoms with Crippen LogP contribution in [0.5, 0.6) is 0 Å². The Kier molecular flexibility index (Phi) is 3.74. The molecule has 1 fully saturated rings. The number of likely N-dealkylation sites (tertiary alicyclic amines) is 1. The third kappa shape index (κ3) is 3.27. The van der Waals surface area contributed by atoms with Crippen LogP contribution in [0, 0.1) is 11.7 Å². The molecule has 1 atom stereocenters. The number of hydrogen-bond acceptors (Lipinski definition) is 2. The SMILES string of the molecule is CN1CCC(CNC(=O)c2ccc(F)cc2)C1. The van der Waals surface area contributed by atoms with E-state index in [0.717, 1.165) is 19.5 Å². The van der Waals surface area contributed by atoms with Crippen LogP contribution in [0.4, 0.5) is 4.39 Å². The fourth-order valence-electron chi connectivity index (χ4n) is 2.13. The minimum absolute atomic E-state index is 0.125. The largest absolute Gasteiger partial charge is 0.352 e. The average molecular weight is 236 g/mol. The van der Waals surface area contributed by atoms with E-state index in [2.05, 4.69) is 17.3 Å². The molecule has 0 spiro atoms. The van der Waals surface area contributed by atoms with Crippen LogP contribution in [0.25, 0.3) is 0 Å². The van der Waals surface area contributed by atoms with E-state index in [0.29, 0.717) is 18.0 Å². The second-order valence-corrected chi connectivity index (χ2v) is 4.63. The maximum atomic E-state index is 12.7. The molecule has 1 N–H and O–H groups in total. The van der Waals surface area contributed by atoms with Gasteiger partial charge in [-0.2, -0.15) is 0 Å². The van der Waals surface area contributed by atoms with Crippen molar-refractivity contribution in [2.24, 2.45) is 5.92 Å². The molecule has 0 radical (unpaired) electrons. The lowest BCUT2D eigenvalue weighted by Gasteiger charge is -2.11. The normalized spacial score (nSPS) is 20.5. The van der Waals surface area contributed by atoms with Gasteiger partial charge in [-0.05, 0) is 50.2 Å². The fourth-order valence-corrected chi connectivity index (χ4v) is 2.13. The van der Waals surface area contributed by atoms with Crippen molar-refractivity contribution in [3.63, 3.8) is 0 Å². The molecule has 0 aliphatic carbocycles. The summed E-state index contributed by atoms with van der Waals surface area (Å²) in [5.41, 5.74) is 0.512. The van der Waals surface area contributed by atoms with Gasteiger partial charge in [0.2, 0.25) is 0 Å². The van der Waals surface area contributed by atoms with E-state index in [9.17, 15) is 9.18 Å². The van der Waals surface area contributed by atoms with Crippen molar-refractivity contribution in [2.75, 3.05) is 26.7 Å². The van der Waals surface area contributed by atoms with Gasteiger partial charge in [0, 0.05) is 18.7 Å². The number of rotatable bonds is 3. The first kappa shape index (κ1) is 12.0. The number of benzene rings is 1. The van der Waals surface area contributed by atoms with Crippen molar-refractivity contribution < 1.29 is 9.18 Å². The molecular weight excluding hydrogens is 219 g/mol. The van der Waals surface area contributed by atoms with E-state index in [-0.39, 0.29) is 11.7 Å². The number of carbonyl (C=O) groups excluding carboxylic acids is 1. The van der Waals surface area contributed by atoms with Crippen molar-refractivity contribution >= 4 is 5.91 Å². The number of nitrogens with one attached hydrogen (secondary N) is 1. The van der Waals surface area contributed by atoms with Crippen molar-refractivity contribution in [3.8, 4) is 0 Å². The number of amides is 1. The maximum absolute atomic E-state index is 12.7. The lowest BCUT2D eigenvalue weighted by Crippen LogP contribution is -2.30. The number of carbonyl (C=O) groups is 1. The Labute approximate surface area is 101 Å². The van der Waals surface area contributed by atoms with Crippen molar-refractivity contribution in [1.29, 1.82) is 0 Å². The van der Waals surface area contributed by atoms with Gasteiger partial charge in [0.1, 0.15) is 5.82 Å². The maximum Gasteiger partial charge on any atom is 0.251 e. The Balaban J connectivity index is 1.83. The zero-order chi connectivity index (χ0) is 12.3. The summed E-state index contributed by atoms with van der Waals surface area (Å²) >= 11 is 0. The van der Waals surface area contributed by atoms with Crippen molar-refractivity contribution in [2.45, 2.75) is 6.42 Å². The minimum atomic E-state index is -0.320. The van der Waals surface area contributed by atoms with E-state index in [4.69, 9.17) is 0 Å². The minimum Gasteiger partial charge on any atom is -0.352 e. The van der Waals surface area contributed by atoms with E-state index in [1.807, 2.05) is 0 Å². The molecule has 0 saturated carbocycles. The summed E-state index contributed by atoms with van der Waals surface area (Å²) < 4.78 is 12.7. The van der Waals surface area contributed by atoms with Crippen LogP contribution in [-0.2, 0) is 0 Å². The average Bonchev–Trinajstić information content (AvgIpc) is 2.73. The zero-order valence-corrected chi connectivity index (χ0v) is 9.95. The van der Waals surface area contributed by atoms with E-state index < -0.39 is 0 Å².